The van der Waals surface area contributed by atoms with Gasteiger partial charge in [0.2, 0.25) is 23.6 Å². The molecule has 1 atom stereocenters. The quantitative estimate of drug-likeness (QED) is 0.0657. The minimum atomic E-state index is -0.551. The molecule has 0 bridgehead atoms. The molecule has 0 rings (SSSR count). The van der Waals surface area contributed by atoms with Gasteiger partial charge in [0.05, 0.1) is 26.2 Å². The Bertz CT molecular complexity index is 842. The number of primary amides is 1. The van der Waals surface area contributed by atoms with Crippen LogP contribution in [0.1, 0.15) is 163 Å². The van der Waals surface area contributed by atoms with E-state index in [1.807, 2.05) is 0 Å². The molecule has 0 radical (unpaired) electrons. The van der Waals surface area contributed by atoms with E-state index in [1.54, 1.807) is 9.80 Å². The minimum absolute atomic E-state index is 0.0563. The van der Waals surface area contributed by atoms with E-state index in [0.717, 1.165) is 70.6 Å². The lowest BCUT2D eigenvalue weighted by molar-refractivity contribution is -0.145. The van der Waals surface area contributed by atoms with Crippen molar-refractivity contribution in [1.82, 2.24) is 20.0 Å². The van der Waals surface area contributed by atoms with Crippen LogP contribution in [0, 0.1) is 5.92 Å². The third kappa shape index (κ3) is 26.3. The fourth-order valence-corrected chi connectivity index (χ4v) is 6.19. The number of rotatable bonds is 35. The Morgan fingerprint density at radius 2 is 1.00 bits per heavy atom. The lowest BCUT2D eigenvalue weighted by Crippen LogP contribution is -2.51. The van der Waals surface area contributed by atoms with Crippen molar-refractivity contribution in [2.45, 2.75) is 163 Å². The average Bonchev–Trinajstić information content (AvgIpc) is 3.08. The predicted molar refractivity (Wildman–Crippen MR) is 204 cm³/mol. The topological polar surface area (TPSA) is 142 Å². The number of carbonyl (C=O) groups excluding carboxylic acids is 4. The van der Waals surface area contributed by atoms with Gasteiger partial charge in [-0.2, -0.15) is 0 Å². The van der Waals surface area contributed by atoms with E-state index in [1.165, 1.54) is 69.1 Å². The zero-order chi connectivity index (χ0) is 36.5. The standard InChI is InChI=1S/C39H78N6O4/c1-5-9-12-14-16-18-20-22-28-43(32-36(41)46)38(48)34-45(31-35(8-4)25-11-7-3)39(49)33-44(37(47)30-42-27-24-26-40)29-23-21-19-17-15-13-10-6-2/h35,42H,5-34,40H2,1-4H3,(H2,41,46). The van der Waals surface area contributed by atoms with Gasteiger partial charge in [0.15, 0.2) is 0 Å². The van der Waals surface area contributed by atoms with E-state index in [4.69, 9.17) is 11.5 Å². The van der Waals surface area contributed by atoms with Crippen LogP contribution in [0.5, 0.6) is 0 Å². The largest absolute Gasteiger partial charge is 0.368 e. The molecule has 0 saturated carbocycles. The molecule has 288 valence electrons. The first-order valence-corrected chi connectivity index (χ1v) is 20.3. The minimum Gasteiger partial charge on any atom is -0.368 e. The highest BCUT2D eigenvalue weighted by Gasteiger charge is 2.27. The van der Waals surface area contributed by atoms with Crippen LogP contribution >= 0.6 is 0 Å². The number of hydrogen-bond acceptors (Lipinski definition) is 6. The maximum Gasteiger partial charge on any atom is 0.242 e. The second-order valence-electron chi connectivity index (χ2n) is 14.1. The van der Waals surface area contributed by atoms with Crippen molar-refractivity contribution in [2.75, 3.05) is 58.9 Å². The van der Waals surface area contributed by atoms with Gasteiger partial charge in [-0.25, -0.2) is 0 Å². The molecule has 10 nitrogen and oxygen atoms in total. The van der Waals surface area contributed by atoms with E-state index in [0.29, 0.717) is 32.7 Å². The first kappa shape index (κ1) is 46.8. The van der Waals surface area contributed by atoms with Crippen molar-refractivity contribution >= 4 is 23.6 Å². The summed E-state index contributed by atoms with van der Waals surface area (Å²) >= 11 is 0. The van der Waals surface area contributed by atoms with Gasteiger partial charge in [-0.1, -0.05) is 137 Å². The Morgan fingerprint density at radius 1 is 0.551 bits per heavy atom. The van der Waals surface area contributed by atoms with Gasteiger partial charge in [0.1, 0.15) is 0 Å². The molecule has 4 amide bonds. The molecule has 5 N–H and O–H groups in total. The Balaban J connectivity index is 5.65. The molecule has 0 spiro atoms. The van der Waals surface area contributed by atoms with Gasteiger partial charge in [-0.15, -0.1) is 0 Å². The normalized spacial score (nSPS) is 11.8. The number of nitrogens with zero attached hydrogens (tertiary/aromatic N) is 3. The lowest BCUT2D eigenvalue weighted by Gasteiger charge is -2.32. The third-order valence-corrected chi connectivity index (χ3v) is 9.48. The summed E-state index contributed by atoms with van der Waals surface area (Å²) in [5.41, 5.74) is 11.2. The molecule has 0 heterocycles. The van der Waals surface area contributed by atoms with Crippen LogP contribution in [-0.2, 0) is 19.2 Å². The zero-order valence-corrected chi connectivity index (χ0v) is 32.4. The molecule has 0 aliphatic heterocycles. The van der Waals surface area contributed by atoms with Gasteiger partial charge in [0.25, 0.3) is 0 Å². The highest BCUT2D eigenvalue weighted by atomic mass is 16.2. The van der Waals surface area contributed by atoms with Gasteiger partial charge in [-0.05, 0) is 44.7 Å². The summed E-state index contributed by atoms with van der Waals surface area (Å²) in [6, 6.07) is 0. The Hall–Kier alpha value is -2.20. The van der Waals surface area contributed by atoms with E-state index < -0.39 is 5.91 Å². The van der Waals surface area contributed by atoms with Crippen molar-refractivity contribution in [3.05, 3.63) is 0 Å². The van der Waals surface area contributed by atoms with Crippen molar-refractivity contribution in [3.63, 3.8) is 0 Å². The average molecular weight is 695 g/mol. The SMILES string of the molecule is CCCCCCCCCCN(CC(N)=O)C(=O)CN(CC(CC)CCCC)C(=O)CN(CCCCCCCCCC)C(=O)CNCCCN. The number of hydrogen-bond donors (Lipinski definition) is 3. The summed E-state index contributed by atoms with van der Waals surface area (Å²) in [5.74, 6) is -0.884. The molecule has 0 aromatic rings. The molecule has 0 aromatic carbocycles. The van der Waals surface area contributed by atoms with E-state index >= 15 is 0 Å². The molecular formula is C39H78N6O4. The van der Waals surface area contributed by atoms with Crippen molar-refractivity contribution in [1.29, 1.82) is 0 Å². The van der Waals surface area contributed by atoms with Gasteiger partial charge < -0.3 is 31.5 Å². The van der Waals surface area contributed by atoms with Crippen molar-refractivity contribution in [3.8, 4) is 0 Å². The number of nitrogens with one attached hydrogen (secondary N) is 1. The fourth-order valence-electron chi connectivity index (χ4n) is 6.19. The summed E-state index contributed by atoms with van der Waals surface area (Å²) in [7, 11) is 0. The monoisotopic (exact) mass is 695 g/mol. The van der Waals surface area contributed by atoms with Crippen molar-refractivity contribution < 1.29 is 19.2 Å². The predicted octanol–water partition coefficient (Wildman–Crippen LogP) is 6.39. The Kier molecular flexibility index (Phi) is 31.5. The summed E-state index contributed by atoms with van der Waals surface area (Å²) in [5, 5.41) is 3.17. The first-order chi connectivity index (χ1) is 23.7. The fraction of sp³-hybridized carbons (Fsp3) is 0.897. The number of nitrogens with two attached hydrogens (primary N) is 2. The van der Waals surface area contributed by atoms with Crippen LogP contribution in [-0.4, -0.2) is 97.2 Å². The van der Waals surface area contributed by atoms with Crippen LogP contribution in [0.2, 0.25) is 0 Å². The molecule has 0 aromatic heterocycles. The first-order valence-electron chi connectivity index (χ1n) is 20.3. The molecule has 0 fully saturated rings. The highest BCUT2D eigenvalue weighted by Crippen LogP contribution is 2.16. The molecule has 10 heteroatoms. The van der Waals surface area contributed by atoms with Crippen LogP contribution in [0.15, 0.2) is 0 Å². The van der Waals surface area contributed by atoms with Gasteiger partial charge >= 0.3 is 0 Å². The van der Waals surface area contributed by atoms with E-state index in [9.17, 15) is 19.2 Å². The summed E-state index contributed by atoms with van der Waals surface area (Å²) in [4.78, 5) is 57.9. The molecular weight excluding hydrogens is 616 g/mol. The maximum atomic E-state index is 14.0. The van der Waals surface area contributed by atoms with E-state index in [2.05, 4.69) is 33.0 Å². The molecule has 0 saturated heterocycles. The smallest absolute Gasteiger partial charge is 0.242 e. The Labute approximate surface area is 301 Å². The maximum absolute atomic E-state index is 14.0. The summed E-state index contributed by atoms with van der Waals surface area (Å²) in [6.07, 6.45) is 23.0. The Morgan fingerprint density at radius 3 is 1.47 bits per heavy atom. The molecule has 0 aliphatic rings. The van der Waals surface area contributed by atoms with Crippen molar-refractivity contribution in [2.24, 2.45) is 17.4 Å². The van der Waals surface area contributed by atoms with E-state index in [-0.39, 0.29) is 49.8 Å². The number of amides is 4. The van der Waals surface area contributed by atoms with Crippen LogP contribution in [0.25, 0.3) is 0 Å². The molecule has 1 unspecified atom stereocenters. The second kappa shape index (κ2) is 33.0. The molecule has 49 heavy (non-hydrogen) atoms. The molecule has 0 aliphatic carbocycles. The zero-order valence-electron chi connectivity index (χ0n) is 32.4. The summed E-state index contributed by atoms with van der Waals surface area (Å²) in [6.45, 7) is 11.2. The summed E-state index contributed by atoms with van der Waals surface area (Å²) < 4.78 is 0. The van der Waals surface area contributed by atoms with Gasteiger partial charge in [0, 0.05) is 19.6 Å². The van der Waals surface area contributed by atoms with Gasteiger partial charge in [-0.3, -0.25) is 19.2 Å². The van der Waals surface area contributed by atoms with Crippen LogP contribution < -0.4 is 16.8 Å². The number of unbranched alkanes of at least 4 members (excludes halogenated alkanes) is 15. The lowest BCUT2D eigenvalue weighted by atomic mass is 9.98. The highest BCUT2D eigenvalue weighted by molar-refractivity contribution is 5.90. The number of carbonyl (C=O) groups is 4. The second-order valence-corrected chi connectivity index (χ2v) is 14.1. The van der Waals surface area contributed by atoms with Crippen LogP contribution in [0.3, 0.4) is 0 Å². The van der Waals surface area contributed by atoms with Crippen LogP contribution in [0.4, 0.5) is 0 Å². The third-order valence-electron chi connectivity index (χ3n) is 9.48.